The standard InChI is InChI=1S/C19H33N3O2/c1-4-18(20)13-21-15(3)16-6-7-19(24-5-2)17(12-16)14-22-8-10-23-11-9-22/h6-7,12,15,18,21H,4-5,8-11,13-14,20H2,1-3H3. The van der Waals surface area contributed by atoms with E-state index in [0.29, 0.717) is 6.61 Å². The minimum atomic E-state index is 0.211. The molecule has 1 aromatic rings. The monoisotopic (exact) mass is 335 g/mol. The first-order valence-electron chi connectivity index (χ1n) is 9.18. The van der Waals surface area contributed by atoms with Crippen LogP contribution in [-0.2, 0) is 11.3 Å². The van der Waals surface area contributed by atoms with Gasteiger partial charge in [0.1, 0.15) is 5.75 Å². The van der Waals surface area contributed by atoms with Crippen LogP contribution in [0.2, 0.25) is 0 Å². The topological polar surface area (TPSA) is 59.8 Å². The summed E-state index contributed by atoms with van der Waals surface area (Å²) in [6.45, 7) is 12.4. The summed E-state index contributed by atoms with van der Waals surface area (Å²) in [5, 5.41) is 3.53. The van der Waals surface area contributed by atoms with E-state index >= 15 is 0 Å². The van der Waals surface area contributed by atoms with Gasteiger partial charge in [-0.15, -0.1) is 0 Å². The fourth-order valence-electron chi connectivity index (χ4n) is 2.88. The lowest BCUT2D eigenvalue weighted by Crippen LogP contribution is -2.36. The van der Waals surface area contributed by atoms with Gasteiger partial charge in [0.15, 0.2) is 0 Å². The molecule has 0 amide bonds. The maximum Gasteiger partial charge on any atom is 0.123 e. The number of hydrogen-bond acceptors (Lipinski definition) is 5. The molecule has 3 N–H and O–H groups in total. The molecule has 5 nitrogen and oxygen atoms in total. The normalized spacial score (nSPS) is 18.3. The number of benzene rings is 1. The van der Waals surface area contributed by atoms with Crippen LogP contribution in [0.25, 0.3) is 0 Å². The Bertz CT molecular complexity index is 490. The summed E-state index contributed by atoms with van der Waals surface area (Å²) in [5.74, 6) is 0.991. The highest BCUT2D eigenvalue weighted by Gasteiger charge is 2.15. The second kappa shape index (κ2) is 9.99. The van der Waals surface area contributed by atoms with Gasteiger partial charge in [-0.25, -0.2) is 0 Å². The Morgan fingerprint density at radius 2 is 2.04 bits per heavy atom. The van der Waals surface area contributed by atoms with Crippen molar-refractivity contribution in [2.24, 2.45) is 5.73 Å². The molecule has 136 valence electrons. The van der Waals surface area contributed by atoms with Crippen LogP contribution in [0.1, 0.15) is 44.4 Å². The van der Waals surface area contributed by atoms with E-state index in [1.807, 2.05) is 6.92 Å². The van der Waals surface area contributed by atoms with Crippen molar-refractivity contribution in [2.45, 2.75) is 45.8 Å². The molecule has 0 bridgehead atoms. The smallest absolute Gasteiger partial charge is 0.123 e. The fourth-order valence-corrected chi connectivity index (χ4v) is 2.88. The highest BCUT2D eigenvalue weighted by atomic mass is 16.5. The summed E-state index contributed by atoms with van der Waals surface area (Å²) in [6.07, 6.45) is 0.991. The Labute approximate surface area is 146 Å². The SMILES string of the molecule is CCOc1ccc(C(C)NCC(N)CC)cc1CN1CCOCC1. The molecule has 0 radical (unpaired) electrons. The summed E-state index contributed by atoms with van der Waals surface area (Å²) >= 11 is 0. The van der Waals surface area contributed by atoms with E-state index in [2.05, 4.69) is 42.3 Å². The number of nitrogens with zero attached hydrogens (tertiary/aromatic N) is 1. The number of nitrogens with one attached hydrogen (secondary N) is 1. The summed E-state index contributed by atoms with van der Waals surface area (Å²) in [6, 6.07) is 7.02. The first-order valence-corrected chi connectivity index (χ1v) is 9.18. The van der Waals surface area contributed by atoms with Gasteiger partial charge in [0, 0.05) is 43.8 Å². The van der Waals surface area contributed by atoms with Crippen LogP contribution in [0, 0.1) is 0 Å². The summed E-state index contributed by atoms with van der Waals surface area (Å²) < 4.78 is 11.3. The zero-order chi connectivity index (χ0) is 17.4. The van der Waals surface area contributed by atoms with Crippen molar-refractivity contribution in [3.05, 3.63) is 29.3 Å². The molecule has 1 aliphatic heterocycles. The molecule has 1 saturated heterocycles. The van der Waals surface area contributed by atoms with Crippen LogP contribution in [0.4, 0.5) is 0 Å². The molecule has 0 aliphatic carbocycles. The average Bonchev–Trinajstić information content (AvgIpc) is 2.61. The minimum absolute atomic E-state index is 0.211. The van der Waals surface area contributed by atoms with E-state index in [0.717, 1.165) is 51.6 Å². The quantitative estimate of drug-likeness (QED) is 0.725. The molecule has 5 heteroatoms. The van der Waals surface area contributed by atoms with Crippen molar-refractivity contribution in [1.29, 1.82) is 0 Å². The van der Waals surface area contributed by atoms with E-state index in [1.54, 1.807) is 0 Å². The zero-order valence-electron chi connectivity index (χ0n) is 15.4. The number of rotatable bonds is 9. The van der Waals surface area contributed by atoms with E-state index in [-0.39, 0.29) is 12.1 Å². The lowest BCUT2D eigenvalue weighted by molar-refractivity contribution is 0.0338. The lowest BCUT2D eigenvalue weighted by Gasteiger charge is -2.28. The Kier molecular flexibility index (Phi) is 7.99. The van der Waals surface area contributed by atoms with Gasteiger partial charge in [0.05, 0.1) is 19.8 Å². The van der Waals surface area contributed by atoms with Crippen molar-refractivity contribution in [1.82, 2.24) is 10.2 Å². The molecule has 0 saturated carbocycles. The molecule has 0 aromatic heterocycles. The van der Waals surface area contributed by atoms with Gasteiger partial charge >= 0.3 is 0 Å². The third-order valence-corrected chi connectivity index (χ3v) is 4.59. The zero-order valence-corrected chi connectivity index (χ0v) is 15.4. The maximum absolute atomic E-state index is 6.02. The minimum Gasteiger partial charge on any atom is -0.494 e. The van der Waals surface area contributed by atoms with Gasteiger partial charge in [-0.1, -0.05) is 13.0 Å². The number of nitrogens with two attached hydrogens (primary N) is 1. The van der Waals surface area contributed by atoms with E-state index in [4.69, 9.17) is 15.2 Å². The van der Waals surface area contributed by atoms with Crippen LogP contribution in [0.3, 0.4) is 0 Å². The van der Waals surface area contributed by atoms with Crippen molar-refractivity contribution in [3.63, 3.8) is 0 Å². The Morgan fingerprint density at radius 1 is 1.29 bits per heavy atom. The predicted octanol–water partition coefficient (Wildman–Crippen LogP) is 2.31. The van der Waals surface area contributed by atoms with Crippen molar-refractivity contribution in [3.8, 4) is 5.75 Å². The summed E-state index contributed by atoms with van der Waals surface area (Å²) in [5.41, 5.74) is 8.55. The summed E-state index contributed by atoms with van der Waals surface area (Å²) in [7, 11) is 0. The third-order valence-electron chi connectivity index (χ3n) is 4.59. The van der Waals surface area contributed by atoms with Gasteiger partial charge in [-0.3, -0.25) is 4.90 Å². The molecular weight excluding hydrogens is 302 g/mol. The summed E-state index contributed by atoms with van der Waals surface area (Å²) in [4.78, 5) is 2.43. The second-order valence-electron chi connectivity index (χ2n) is 6.49. The van der Waals surface area contributed by atoms with E-state index in [9.17, 15) is 0 Å². The van der Waals surface area contributed by atoms with Gasteiger partial charge in [-0.05, 0) is 38.0 Å². The largest absolute Gasteiger partial charge is 0.494 e. The number of morpholine rings is 1. The molecule has 1 fully saturated rings. The molecule has 2 atom stereocenters. The fraction of sp³-hybridized carbons (Fsp3) is 0.684. The molecule has 2 rings (SSSR count). The molecular formula is C19H33N3O2. The predicted molar refractivity (Wildman–Crippen MR) is 98.4 cm³/mol. The Morgan fingerprint density at radius 3 is 2.71 bits per heavy atom. The average molecular weight is 335 g/mol. The molecule has 0 spiro atoms. The maximum atomic E-state index is 6.02. The highest BCUT2D eigenvalue weighted by Crippen LogP contribution is 2.25. The molecule has 24 heavy (non-hydrogen) atoms. The van der Waals surface area contributed by atoms with Crippen LogP contribution < -0.4 is 15.8 Å². The van der Waals surface area contributed by atoms with Gasteiger partial charge in [-0.2, -0.15) is 0 Å². The third kappa shape index (κ3) is 5.74. The van der Waals surface area contributed by atoms with E-state index in [1.165, 1.54) is 11.1 Å². The first kappa shape index (κ1) is 19.2. The van der Waals surface area contributed by atoms with Crippen LogP contribution in [-0.4, -0.2) is 50.4 Å². The highest BCUT2D eigenvalue weighted by molar-refractivity contribution is 5.38. The lowest BCUT2D eigenvalue weighted by atomic mass is 10.0. The molecule has 1 aliphatic rings. The Balaban J connectivity index is 2.07. The second-order valence-corrected chi connectivity index (χ2v) is 6.49. The van der Waals surface area contributed by atoms with Gasteiger partial charge in [0.25, 0.3) is 0 Å². The molecule has 1 heterocycles. The van der Waals surface area contributed by atoms with Crippen molar-refractivity contribution in [2.75, 3.05) is 39.5 Å². The molecule has 1 aromatic carbocycles. The van der Waals surface area contributed by atoms with Crippen LogP contribution >= 0.6 is 0 Å². The molecule has 2 unspecified atom stereocenters. The van der Waals surface area contributed by atoms with Crippen LogP contribution in [0.5, 0.6) is 5.75 Å². The Hall–Kier alpha value is -1.14. The van der Waals surface area contributed by atoms with Gasteiger partial charge in [0.2, 0.25) is 0 Å². The van der Waals surface area contributed by atoms with Crippen molar-refractivity contribution < 1.29 is 9.47 Å². The van der Waals surface area contributed by atoms with Crippen molar-refractivity contribution >= 4 is 0 Å². The van der Waals surface area contributed by atoms with E-state index < -0.39 is 0 Å². The number of ether oxygens (including phenoxy) is 2. The van der Waals surface area contributed by atoms with Crippen LogP contribution in [0.15, 0.2) is 18.2 Å². The van der Waals surface area contributed by atoms with Gasteiger partial charge < -0.3 is 20.5 Å². The first-order chi connectivity index (χ1) is 11.6. The number of hydrogen-bond donors (Lipinski definition) is 2.